The Labute approximate surface area is 55.9 Å². The molecule has 0 saturated carbocycles. The second-order valence-corrected chi connectivity index (χ2v) is 2.51. The lowest BCUT2D eigenvalue weighted by atomic mass is 10.0. The van der Waals surface area contributed by atoms with Crippen LogP contribution in [0.4, 0.5) is 0 Å². The molecule has 1 aliphatic heterocycles. The van der Waals surface area contributed by atoms with Crippen LogP contribution in [-0.2, 0) is 0 Å². The van der Waals surface area contributed by atoms with Gasteiger partial charge in [0.1, 0.15) is 0 Å². The molecule has 0 radical (unpaired) electrons. The molecule has 1 aliphatic rings. The van der Waals surface area contributed by atoms with Gasteiger partial charge in [-0.1, -0.05) is 6.42 Å². The predicted molar refractivity (Wildman–Crippen MR) is 35.9 cm³/mol. The minimum Gasteiger partial charge on any atom is -0.313 e. The number of hydrogen-bond donors (Lipinski definition) is 1. The van der Waals surface area contributed by atoms with Crippen molar-refractivity contribution in [1.29, 1.82) is 5.26 Å². The maximum atomic E-state index is 8.33. The maximum absolute atomic E-state index is 8.33. The minimum absolute atomic E-state index is 0.490. The molecule has 0 spiro atoms. The van der Waals surface area contributed by atoms with E-state index in [0.717, 1.165) is 6.54 Å². The summed E-state index contributed by atoms with van der Waals surface area (Å²) in [6.45, 7) is 1.10. The Bertz CT molecular complexity index is 109. The molecule has 9 heavy (non-hydrogen) atoms. The molecule has 50 valence electrons. The number of nitriles is 1. The quantitative estimate of drug-likeness (QED) is 0.567. The van der Waals surface area contributed by atoms with E-state index in [0.29, 0.717) is 12.5 Å². The highest BCUT2D eigenvalue weighted by Crippen LogP contribution is 2.08. The lowest BCUT2D eigenvalue weighted by Gasteiger charge is -2.20. The van der Waals surface area contributed by atoms with Crippen molar-refractivity contribution in [3.8, 4) is 6.07 Å². The average molecular weight is 124 g/mol. The van der Waals surface area contributed by atoms with Crippen molar-refractivity contribution in [1.82, 2.24) is 5.32 Å². The van der Waals surface area contributed by atoms with E-state index in [4.69, 9.17) is 5.26 Å². The summed E-state index contributed by atoms with van der Waals surface area (Å²) >= 11 is 0. The van der Waals surface area contributed by atoms with Gasteiger partial charge in [-0.25, -0.2) is 0 Å². The van der Waals surface area contributed by atoms with Gasteiger partial charge >= 0.3 is 0 Å². The first-order valence-corrected chi connectivity index (χ1v) is 3.54. The normalized spacial score (nSPS) is 27.2. The molecular formula is C7H12N2. The van der Waals surface area contributed by atoms with Gasteiger partial charge in [-0.15, -0.1) is 0 Å². The Kier molecular flexibility index (Phi) is 2.53. The molecule has 1 rings (SSSR count). The van der Waals surface area contributed by atoms with E-state index >= 15 is 0 Å². The second-order valence-electron chi connectivity index (χ2n) is 2.51. The third-order valence-corrected chi connectivity index (χ3v) is 1.75. The summed E-state index contributed by atoms with van der Waals surface area (Å²) in [5, 5.41) is 11.6. The molecule has 1 atom stereocenters. The highest BCUT2D eigenvalue weighted by molar-refractivity contribution is 4.82. The lowest BCUT2D eigenvalue weighted by molar-refractivity contribution is 0.406. The molecule has 0 unspecified atom stereocenters. The van der Waals surface area contributed by atoms with Gasteiger partial charge in [-0.05, 0) is 19.4 Å². The van der Waals surface area contributed by atoms with E-state index in [1.807, 2.05) is 0 Å². The topological polar surface area (TPSA) is 35.8 Å². The molecule has 0 aromatic heterocycles. The van der Waals surface area contributed by atoms with Crippen molar-refractivity contribution >= 4 is 0 Å². The number of hydrogen-bond acceptors (Lipinski definition) is 2. The molecule has 0 aromatic rings. The summed E-state index contributed by atoms with van der Waals surface area (Å²) in [6.07, 6.45) is 4.44. The highest BCUT2D eigenvalue weighted by atomic mass is 14.9. The van der Waals surface area contributed by atoms with E-state index in [-0.39, 0.29) is 0 Å². The molecule has 1 saturated heterocycles. The maximum Gasteiger partial charge on any atom is 0.0638 e. The Morgan fingerprint density at radius 1 is 1.56 bits per heavy atom. The highest BCUT2D eigenvalue weighted by Gasteiger charge is 2.10. The van der Waals surface area contributed by atoms with Crippen molar-refractivity contribution in [3.63, 3.8) is 0 Å². The third kappa shape index (κ3) is 2.03. The fourth-order valence-corrected chi connectivity index (χ4v) is 1.21. The van der Waals surface area contributed by atoms with Crippen LogP contribution in [0.25, 0.3) is 0 Å². The van der Waals surface area contributed by atoms with Gasteiger partial charge in [0.2, 0.25) is 0 Å². The zero-order valence-electron chi connectivity index (χ0n) is 5.56. The van der Waals surface area contributed by atoms with Crippen LogP contribution in [-0.4, -0.2) is 12.6 Å². The molecule has 2 nitrogen and oxygen atoms in total. The van der Waals surface area contributed by atoms with Crippen molar-refractivity contribution in [2.24, 2.45) is 0 Å². The summed E-state index contributed by atoms with van der Waals surface area (Å²) in [5.74, 6) is 0. The second kappa shape index (κ2) is 3.47. The van der Waals surface area contributed by atoms with Gasteiger partial charge in [-0.3, -0.25) is 0 Å². The van der Waals surface area contributed by atoms with Gasteiger partial charge in [0.25, 0.3) is 0 Å². The fourth-order valence-electron chi connectivity index (χ4n) is 1.21. The number of rotatable bonds is 1. The molecule has 0 amide bonds. The van der Waals surface area contributed by atoms with Crippen LogP contribution in [0.15, 0.2) is 0 Å². The van der Waals surface area contributed by atoms with E-state index in [9.17, 15) is 0 Å². The van der Waals surface area contributed by atoms with Crippen molar-refractivity contribution in [2.75, 3.05) is 6.54 Å². The van der Waals surface area contributed by atoms with Gasteiger partial charge < -0.3 is 5.32 Å². The number of nitrogens with one attached hydrogen (secondary N) is 1. The monoisotopic (exact) mass is 124 g/mol. The Morgan fingerprint density at radius 3 is 3.00 bits per heavy atom. The van der Waals surface area contributed by atoms with Crippen LogP contribution in [0.1, 0.15) is 25.7 Å². The van der Waals surface area contributed by atoms with Gasteiger partial charge in [0, 0.05) is 6.04 Å². The summed E-state index contributed by atoms with van der Waals surface area (Å²) in [5.41, 5.74) is 0. The van der Waals surface area contributed by atoms with Gasteiger partial charge in [0.05, 0.1) is 12.5 Å². The molecule has 0 aromatic carbocycles. The van der Waals surface area contributed by atoms with Gasteiger partial charge in [0.15, 0.2) is 0 Å². The number of piperidine rings is 1. The first kappa shape index (κ1) is 6.57. The standard InChI is InChI=1S/C7H12N2/c8-5-4-7-3-1-2-6-9-7/h7,9H,1-4,6H2/t7-/m1/s1. The zero-order valence-corrected chi connectivity index (χ0v) is 5.56. The molecule has 1 N–H and O–H groups in total. The van der Waals surface area contributed by atoms with E-state index in [2.05, 4.69) is 11.4 Å². The van der Waals surface area contributed by atoms with Crippen LogP contribution in [0.5, 0.6) is 0 Å². The van der Waals surface area contributed by atoms with Crippen molar-refractivity contribution < 1.29 is 0 Å². The third-order valence-electron chi connectivity index (χ3n) is 1.75. The molecule has 0 bridgehead atoms. The largest absolute Gasteiger partial charge is 0.313 e. The summed E-state index contributed by atoms with van der Waals surface area (Å²) in [6, 6.07) is 2.66. The Balaban J connectivity index is 2.17. The van der Waals surface area contributed by atoms with Gasteiger partial charge in [-0.2, -0.15) is 5.26 Å². The van der Waals surface area contributed by atoms with Crippen molar-refractivity contribution in [3.05, 3.63) is 0 Å². The number of nitrogens with zero attached hydrogens (tertiary/aromatic N) is 1. The minimum atomic E-state index is 0.490. The first-order chi connectivity index (χ1) is 4.43. The van der Waals surface area contributed by atoms with Crippen LogP contribution in [0, 0.1) is 11.3 Å². The van der Waals surface area contributed by atoms with Crippen LogP contribution < -0.4 is 5.32 Å². The zero-order chi connectivity index (χ0) is 6.53. The summed E-state index contributed by atoms with van der Waals surface area (Å²) in [4.78, 5) is 0. The molecule has 0 aliphatic carbocycles. The Hall–Kier alpha value is -0.550. The van der Waals surface area contributed by atoms with Crippen LogP contribution in [0.2, 0.25) is 0 Å². The van der Waals surface area contributed by atoms with Crippen molar-refractivity contribution in [2.45, 2.75) is 31.7 Å². The molecular weight excluding hydrogens is 112 g/mol. The molecule has 2 heteroatoms. The lowest BCUT2D eigenvalue weighted by Crippen LogP contribution is -2.33. The molecule has 1 fully saturated rings. The fraction of sp³-hybridized carbons (Fsp3) is 0.857. The predicted octanol–water partition coefficient (Wildman–Crippen LogP) is 1.04. The van der Waals surface area contributed by atoms with Crippen LogP contribution in [0.3, 0.4) is 0 Å². The first-order valence-electron chi connectivity index (χ1n) is 3.54. The summed E-state index contributed by atoms with van der Waals surface area (Å²) < 4.78 is 0. The average Bonchev–Trinajstić information content (AvgIpc) is 1.91. The van der Waals surface area contributed by atoms with Crippen LogP contribution >= 0.6 is 0 Å². The smallest absolute Gasteiger partial charge is 0.0638 e. The summed E-state index contributed by atoms with van der Waals surface area (Å²) in [7, 11) is 0. The molecule has 1 heterocycles. The van der Waals surface area contributed by atoms with E-state index < -0.39 is 0 Å². The van der Waals surface area contributed by atoms with E-state index in [1.54, 1.807) is 0 Å². The Morgan fingerprint density at radius 2 is 2.44 bits per heavy atom. The SMILES string of the molecule is N#CC[C@H]1CCCCN1. The van der Waals surface area contributed by atoms with E-state index in [1.165, 1.54) is 19.3 Å².